The quantitative estimate of drug-likeness (QED) is 0.517. The van der Waals surface area contributed by atoms with Crippen molar-refractivity contribution in [3.05, 3.63) is 72.8 Å². The fourth-order valence-corrected chi connectivity index (χ4v) is 3.55. The Labute approximate surface area is 202 Å². The van der Waals surface area contributed by atoms with Crippen LogP contribution in [0.4, 0.5) is 17.1 Å². The molecule has 2 N–H and O–H groups in total. The van der Waals surface area contributed by atoms with E-state index in [1.807, 2.05) is 6.07 Å². The van der Waals surface area contributed by atoms with Crippen molar-refractivity contribution in [1.29, 1.82) is 0 Å². The van der Waals surface area contributed by atoms with Crippen LogP contribution in [0.2, 0.25) is 0 Å². The van der Waals surface area contributed by atoms with E-state index in [0.717, 1.165) is 0 Å². The average Bonchev–Trinajstić information content (AvgIpc) is 2.86. The molecular formula is C26H25N3O6. The van der Waals surface area contributed by atoms with E-state index in [1.165, 1.54) is 4.90 Å². The van der Waals surface area contributed by atoms with Crippen molar-refractivity contribution in [3.8, 4) is 17.2 Å². The first kappa shape index (κ1) is 23.6. The van der Waals surface area contributed by atoms with Crippen molar-refractivity contribution < 1.29 is 28.6 Å². The van der Waals surface area contributed by atoms with Crippen LogP contribution in [0.1, 0.15) is 6.92 Å². The van der Waals surface area contributed by atoms with Gasteiger partial charge in [0.05, 0.1) is 12.8 Å². The fourth-order valence-electron chi connectivity index (χ4n) is 3.55. The van der Waals surface area contributed by atoms with Gasteiger partial charge < -0.3 is 24.8 Å². The molecule has 0 spiro atoms. The van der Waals surface area contributed by atoms with Crippen LogP contribution in [-0.2, 0) is 14.4 Å². The Balaban J connectivity index is 1.44. The first-order valence-corrected chi connectivity index (χ1v) is 11.0. The lowest BCUT2D eigenvalue weighted by molar-refractivity contribution is -0.127. The molecule has 9 nitrogen and oxygen atoms in total. The Kier molecular flexibility index (Phi) is 7.15. The molecule has 1 heterocycles. The molecule has 0 saturated carbocycles. The van der Waals surface area contributed by atoms with Crippen LogP contribution < -0.4 is 29.7 Å². The van der Waals surface area contributed by atoms with Crippen LogP contribution in [0, 0.1) is 0 Å². The van der Waals surface area contributed by atoms with Crippen molar-refractivity contribution in [1.82, 2.24) is 0 Å². The zero-order chi connectivity index (χ0) is 24.8. The zero-order valence-electron chi connectivity index (χ0n) is 19.3. The van der Waals surface area contributed by atoms with E-state index >= 15 is 0 Å². The van der Waals surface area contributed by atoms with E-state index in [1.54, 1.807) is 80.8 Å². The number of para-hydroxylation sites is 1. The minimum atomic E-state index is -0.747. The number of nitrogens with one attached hydrogen (secondary N) is 2. The van der Waals surface area contributed by atoms with Gasteiger partial charge in [0, 0.05) is 17.4 Å². The first-order chi connectivity index (χ1) is 16.9. The lowest BCUT2D eigenvalue weighted by Gasteiger charge is -2.33. The van der Waals surface area contributed by atoms with E-state index in [0.29, 0.717) is 34.3 Å². The van der Waals surface area contributed by atoms with E-state index in [9.17, 15) is 14.4 Å². The second-order valence-corrected chi connectivity index (χ2v) is 7.80. The van der Waals surface area contributed by atoms with Crippen LogP contribution in [0.15, 0.2) is 72.8 Å². The molecule has 3 aromatic rings. The second-order valence-electron chi connectivity index (χ2n) is 7.80. The molecule has 1 unspecified atom stereocenters. The summed E-state index contributed by atoms with van der Waals surface area (Å²) in [5.74, 6) is 0.450. The predicted octanol–water partition coefficient (Wildman–Crippen LogP) is 3.47. The maximum Gasteiger partial charge on any atom is 0.268 e. The number of fused-ring (bicyclic) bond motifs is 1. The minimum absolute atomic E-state index is 0.204. The highest BCUT2D eigenvalue weighted by Crippen LogP contribution is 2.36. The number of rotatable bonds is 8. The Bertz CT molecular complexity index is 1230. The number of amides is 3. The molecule has 4 rings (SSSR count). The molecule has 180 valence electrons. The number of hydrogen-bond acceptors (Lipinski definition) is 6. The van der Waals surface area contributed by atoms with Gasteiger partial charge in [0.15, 0.2) is 12.7 Å². The fraction of sp³-hybridized carbons (Fsp3) is 0.192. The molecule has 1 aliphatic rings. The molecule has 0 saturated heterocycles. The van der Waals surface area contributed by atoms with Gasteiger partial charge in [-0.1, -0.05) is 24.3 Å². The highest BCUT2D eigenvalue weighted by Gasteiger charge is 2.33. The van der Waals surface area contributed by atoms with Gasteiger partial charge in [-0.2, -0.15) is 0 Å². The van der Waals surface area contributed by atoms with E-state index < -0.39 is 12.0 Å². The summed E-state index contributed by atoms with van der Waals surface area (Å²) in [5.41, 5.74) is 1.45. The number of methoxy groups -OCH3 is 1. The van der Waals surface area contributed by atoms with Gasteiger partial charge in [0.25, 0.3) is 11.8 Å². The average molecular weight is 476 g/mol. The molecule has 9 heteroatoms. The number of benzene rings is 3. The SMILES string of the molecule is COc1cccc(OCC(=O)Nc2ccc3c(c2)N(CC(=O)Nc2ccccc2)C(=O)C(C)O3)c1. The van der Waals surface area contributed by atoms with Crippen molar-refractivity contribution >= 4 is 34.8 Å². The van der Waals surface area contributed by atoms with Gasteiger partial charge >= 0.3 is 0 Å². The minimum Gasteiger partial charge on any atom is -0.497 e. The van der Waals surface area contributed by atoms with Crippen molar-refractivity contribution in [2.75, 3.05) is 35.8 Å². The summed E-state index contributed by atoms with van der Waals surface area (Å²) in [5, 5.41) is 5.52. The number of anilines is 3. The summed E-state index contributed by atoms with van der Waals surface area (Å²) in [6.45, 7) is 1.20. The molecule has 1 aliphatic heterocycles. The van der Waals surface area contributed by atoms with Gasteiger partial charge in [-0.15, -0.1) is 0 Å². The van der Waals surface area contributed by atoms with Crippen LogP contribution in [0.25, 0.3) is 0 Å². The van der Waals surface area contributed by atoms with Crippen molar-refractivity contribution in [2.45, 2.75) is 13.0 Å². The molecule has 0 bridgehead atoms. The molecule has 0 fully saturated rings. The van der Waals surface area contributed by atoms with Crippen molar-refractivity contribution in [3.63, 3.8) is 0 Å². The molecule has 35 heavy (non-hydrogen) atoms. The summed E-state index contributed by atoms with van der Waals surface area (Å²) >= 11 is 0. The largest absolute Gasteiger partial charge is 0.497 e. The first-order valence-electron chi connectivity index (χ1n) is 11.0. The van der Waals surface area contributed by atoms with Crippen LogP contribution >= 0.6 is 0 Å². The standard InChI is InChI=1S/C26H25N3O6/c1-17-26(32)29(15-24(30)27-18-7-4-3-5-8-18)22-13-19(11-12-23(22)35-17)28-25(31)16-34-21-10-6-9-20(14-21)33-2/h3-14,17H,15-16H2,1-2H3,(H,27,30)(H,28,31). The van der Waals surface area contributed by atoms with Crippen molar-refractivity contribution in [2.24, 2.45) is 0 Å². The zero-order valence-corrected chi connectivity index (χ0v) is 19.3. The Morgan fingerprint density at radius 2 is 1.66 bits per heavy atom. The molecule has 3 aromatic carbocycles. The third-order valence-electron chi connectivity index (χ3n) is 5.22. The molecule has 0 aliphatic carbocycles. The summed E-state index contributed by atoms with van der Waals surface area (Å²) in [6.07, 6.45) is -0.747. The van der Waals surface area contributed by atoms with E-state index in [-0.39, 0.29) is 25.0 Å². The lowest BCUT2D eigenvalue weighted by atomic mass is 10.1. The maximum atomic E-state index is 12.8. The van der Waals surface area contributed by atoms with E-state index in [2.05, 4.69) is 10.6 Å². The second kappa shape index (κ2) is 10.6. The van der Waals surface area contributed by atoms with Crippen LogP contribution in [-0.4, -0.2) is 44.1 Å². The summed E-state index contributed by atoms with van der Waals surface area (Å²) in [4.78, 5) is 39.2. The van der Waals surface area contributed by atoms with Crippen LogP contribution in [0.5, 0.6) is 17.2 Å². The normalized spacial score (nSPS) is 14.4. The van der Waals surface area contributed by atoms with Gasteiger partial charge in [-0.25, -0.2) is 0 Å². The maximum absolute atomic E-state index is 12.8. The third kappa shape index (κ3) is 5.89. The van der Waals surface area contributed by atoms with Gasteiger partial charge in [-0.3, -0.25) is 19.3 Å². The predicted molar refractivity (Wildman–Crippen MR) is 131 cm³/mol. The Morgan fingerprint density at radius 3 is 2.43 bits per heavy atom. The third-order valence-corrected chi connectivity index (χ3v) is 5.22. The van der Waals surface area contributed by atoms with E-state index in [4.69, 9.17) is 14.2 Å². The Morgan fingerprint density at radius 1 is 0.914 bits per heavy atom. The number of hydrogen-bond donors (Lipinski definition) is 2. The van der Waals surface area contributed by atoms with Crippen LogP contribution in [0.3, 0.4) is 0 Å². The number of nitrogens with zero attached hydrogens (tertiary/aromatic N) is 1. The highest BCUT2D eigenvalue weighted by molar-refractivity contribution is 6.06. The summed E-state index contributed by atoms with van der Waals surface area (Å²) in [7, 11) is 1.55. The van der Waals surface area contributed by atoms with Gasteiger partial charge in [0.2, 0.25) is 5.91 Å². The monoisotopic (exact) mass is 475 g/mol. The number of carbonyl (C=O) groups excluding carboxylic acids is 3. The van der Waals surface area contributed by atoms with Gasteiger partial charge in [-0.05, 0) is 49.4 Å². The van der Waals surface area contributed by atoms with Gasteiger partial charge in [0.1, 0.15) is 23.8 Å². The summed E-state index contributed by atoms with van der Waals surface area (Å²) in [6, 6.07) is 20.8. The molecule has 1 atom stereocenters. The topological polar surface area (TPSA) is 106 Å². The lowest BCUT2D eigenvalue weighted by Crippen LogP contribution is -2.47. The summed E-state index contributed by atoms with van der Waals surface area (Å²) < 4.78 is 16.4. The smallest absolute Gasteiger partial charge is 0.268 e. The molecule has 0 aromatic heterocycles. The molecule has 3 amide bonds. The Hall–Kier alpha value is -4.53. The highest BCUT2D eigenvalue weighted by atomic mass is 16.5. The molecular weight excluding hydrogens is 450 g/mol. The number of carbonyl (C=O) groups is 3. The number of ether oxygens (including phenoxy) is 3. The molecule has 0 radical (unpaired) electrons.